The van der Waals surface area contributed by atoms with Crippen LogP contribution in [-0.4, -0.2) is 72.2 Å². The van der Waals surface area contributed by atoms with Gasteiger partial charge in [0.15, 0.2) is 0 Å². The maximum Gasteiger partial charge on any atom is 0.255 e. The summed E-state index contributed by atoms with van der Waals surface area (Å²) in [6.45, 7) is 2.27. The van der Waals surface area contributed by atoms with Crippen molar-refractivity contribution in [3.8, 4) is 0 Å². The lowest BCUT2D eigenvalue weighted by atomic mass is 10.1. The molecule has 1 aliphatic heterocycles. The first-order chi connectivity index (χ1) is 10.1. The van der Waals surface area contributed by atoms with Crippen LogP contribution in [0.1, 0.15) is 16.1 Å². The van der Waals surface area contributed by atoms with Crippen molar-refractivity contribution >= 4 is 15.9 Å². The third kappa shape index (κ3) is 3.18. The number of rotatable bonds is 4. The smallest absolute Gasteiger partial charge is 0.255 e. The van der Waals surface area contributed by atoms with Gasteiger partial charge in [-0.15, -0.1) is 0 Å². The van der Waals surface area contributed by atoms with Crippen LogP contribution in [0.5, 0.6) is 0 Å². The SMILES string of the molecule is Cc1c(C(=O)N2C[C@@H](CS(=O)(=O)N(C)C)[C@H](O)C2)ccn1C. The number of aryl methyl sites for hydroxylation is 1. The van der Waals surface area contributed by atoms with Crippen LogP contribution in [0.2, 0.25) is 0 Å². The Balaban J connectivity index is 2.11. The zero-order valence-electron chi connectivity index (χ0n) is 13.4. The summed E-state index contributed by atoms with van der Waals surface area (Å²) in [5, 5.41) is 10.1. The predicted molar refractivity (Wildman–Crippen MR) is 83.0 cm³/mol. The summed E-state index contributed by atoms with van der Waals surface area (Å²) in [5.41, 5.74) is 1.44. The van der Waals surface area contributed by atoms with Crippen molar-refractivity contribution in [2.24, 2.45) is 13.0 Å². The van der Waals surface area contributed by atoms with Crippen molar-refractivity contribution in [3.05, 3.63) is 23.5 Å². The van der Waals surface area contributed by atoms with Gasteiger partial charge in [-0.3, -0.25) is 4.79 Å². The molecule has 0 aromatic carbocycles. The van der Waals surface area contributed by atoms with Crippen molar-refractivity contribution in [1.82, 2.24) is 13.8 Å². The van der Waals surface area contributed by atoms with E-state index in [9.17, 15) is 18.3 Å². The number of carbonyl (C=O) groups is 1. The van der Waals surface area contributed by atoms with Crippen molar-refractivity contribution in [2.45, 2.75) is 13.0 Å². The first-order valence-corrected chi connectivity index (χ1v) is 8.74. The number of likely N-dealkylation sites (tertiary alicyclic amines) is 1. The van der Waals surface area contributed by atoms with E-state index in [4.69, 9.17) is 0 Å². The Morgan fingerprint density at radius 1 is 1.41 bits per heavy atom. The molecule has 1 saturated heterocycles. The summed E-state index contributed by atoms with van der Waals surface area (Å²) in [7, 11) is 1.39. The fourth-order valence-electron chi connectivity index (χ4n) is 2.61. The lowest BCUT2D eigenvalue weighted by molar-refractivity contribution is 0.0764. The normalized spacial score (nSPS) is 22.5. The number of nitrogens with zero attached hydrogens (tertiary/aromatic N) is 3. The van der Waals surface area contributed by atoms with E-state index in [-0.39, 0.29) is 24.7 Å². The Morgan fingerprint density at radius 2 is 2.05 bits per heavy atom. The Labute approximate surface area is 131 Å². The molecule has 8 heteroatoms. The molecule has 7 nitrogen and oxygen atoms in total. The molecule has 124 valence electrons. The second-order valence-electron chi connectivity index (χ2n) is 6.02. The number of sulfonamides is 1. The molecule has 2 heterocycles. The van der Waals surface area contributed by atoms with Crippen LogP contribution in [0.3, 0.4) is 0 Å². The average molecular weight is 329 g/mol. The number of aliphatic hydroxyl groups is 1. The second kappa shape index (κ2) is 6.02. The number of hydrogen-bond acceptors (Lipinski definition) is 4. The zero-order chi connectivity index (χ0) is 16.7. The van der Waals surface area contributed by atoms with Gasteiger partial charge in [0.1, 0.15) is 0 Å². The highest BCUT2D eigenvalue weighted by molar-refractivity contribution is 7.89. The summed E-state index contributed by atoms with van der Waals surface area (Å²) < 4.78 is 26.9. The molecular weight excluding hydrogens is 306 g/mol. The van der Waals surface area contributed by atoms with Crippen LogP contribution >= 0.6 is 0 Å². The largest absolute Gasteiger partial charge is 0.391 e. The number of β-amino-alcohol motifs (C(OH)–C–C–N with tert-alkyl or cyclic N) is 1. The monoisotopic (exact) mass is 329 g/mol. The summed E-state index contributed by atoms with van der Waals surface area (Å²) in [6.07, 6.45) is 0.992. The molecule has 0 unspecified atom stereocenters. The minimum Gasteiger partial charge on any atom is -0.391 e. The number of aromatic nitrogens is 1. The van der Waals surface area contributed by atoms with E-state index < -0.39 is 22.0 Å². The van der Waals surface area contributed by atoms with Gasteiger partial charge in [0.25, 0.3) is 5.91 Å². The molecule has 22 heavy (non-hydrogen) atoms. The molecule has 2 rings (SSSR count). The molecule has 1 aromatic rings. The second-order valence-corrected chi connectivity index (χ2v) is 8.25. The van der Waals surface area contributed by atoms with Crippen LogP contribution in [0.25, 0.3) is 0 Å². The van der Waals surface area contributed by atoms with Gasteiger partial charge in [-0.05, 0) is 13.0 Å². The van der Waals surface area contributed by atoms with Gasteiger partial charge in [0.05, 0.1) is 17.4 Å². The maximum absolute atomic E-state index is 12.5. The van der Waals surface area contributed by atoms with E-state index in [2.05, 4.69) is 0 Å². The summed E-state index contributed by atoms with van der Waals surface area (Å²) in [6, 6.07) is 1.74. The van der Waals surface area contributed by atoms with Gasteiger partial charge in [-0.2, -0.15) is 0 Å². The fourth-order valence-corrected chi connectivity index (χ4v) is 3.78. The summed E-state index contributed by atoms with van der Waals surface area (Å²) in [4.78, 5) is 14.0. The van der Waals surface area contributed by atoms with Crippen molar-refractivity contribution in [2.75, 3.05) is 32.9 Å². The number of carbonyl (C=O) groups excluding carboxylic acids is 1. The molecule has 0 aliphatic carbocycles. The van der Waals surface area contributed by atoms with Crippen LogP contribution in [0.15, 0.2) is 12.3 Å². The Hall–Kier alpha value is -1.38. The lowest BCUT2D eigenvalue weighted by Crippen LogP contribution is -2.33. The summed E-state index contributed by atoms with van der Waals surface area (Å²) in [5.74, 6) is -0.777. The van der Waals surface area contributed by atoms with Gasteiger partial charge < -0.3 is 14.6 Å². The first-order valence-electron chi connectivity index (χ1n) is 7.13. The maximum atomic E-state index is 12.5. The topological polar surface area (TPSA) is 82.8 Å². The average Bonchev–Trinajstić information content (AvgIpc) is 2.94. The standard InChI is InChI=1S/C14H23N3O4S/c1-10-12(5-6-16(10)4)14(19)17-7-11(13(18)8-17)9-22(20,21)15(2)3/h5-6,11,13,18H,7-9H2,1-4H3/t11-,13+/m0/s1. The third-order valence-corrected chi connectivity index (χ3v) is 6.25. The quantitative estimate of drug-likeness (QED) is 0.819. The molecule has 0 spiro atoms. The van der Waals surface area contributed by atoms with Gasteiger partial charge in [-0.25, -0.2) is 12.7 Å². The molecule has 0 radical (unpaired) electrons. The Kier molecular flexibility index (Phi) is 4.65. The molecule has 0 bridgehead atoms. The summed E-state index contributed by atoms with van der Waals surface area (Å²) >= 11 is 0. The highest BCUT2D eigenvalue weighted by Gasteiger charge is 2.38. The zero-order valence-corrected chi connectivity index (χ0v) is 14.2. The van der Waals surface area contributed by atoms with Crippen molar-refractivity contribution in [3.63, 3.8) is 0 Å². The highest BCUT2D eigenvalue weighted by atomic mass is 32.2. The van der Waals surface area contributed by atoms with E-state index in [0.29, 0.717) is 5.56 Å². The van der Waals surface area contributed by atoms with E-state index in [1.165, 1.54) is 19.0 Å². The minimum absolute atomic E-state index is 0.154. The van der Waals surface area contributed by atoms with Gasteiger partial charge >= 0.3 is 0 Å². The molecule has 2 atom stereocenters. The molecule has 1 amide bonds. The first kappa shape index (κ1) is 17.0. The van der Waals surface area contributed by atoms with E-state index >= 15 is 0 Å². The Bertz CT molecular complexity index is 666. The van der Waals surface area contributed by atoms with E-state index in [0.717, 1.165) is 10.00 Å². The van der Waals surface area contributed by atoms with Crippen LogP contribution in [0, 0.1) is 12.8 Å². The van der Waals surface area contributed by atoms with E-state index in [1.807, 2.05) is 24.7 Å². The van der Waals surface area contributed by atoms with Crippen molar-refractivity contribution < 1.29 is 18.3 Å². The number of hydrogen-bond donors (Lipinski definition) is 1. The number of aliphatic hydroxyl groups excluding tert-OH is 1. The van der Waals surface area contributed by atoms with Gasteiger partial charge in [-0.1, -0.05) is 0 Å². The molecule has 1 aromatic heterocycles. The third-order valence-electron chi connectivity index (χ3n) is 4.29. The van der Waals surface area contributed by atoms with Crippen LogP contribution < -0.4 is 0 Å². The molecular formula is C14H23N3O4S. The molecule has 1 fully saturated rings. The molecule has 0 saturated carbocycles. The van der Waals surface area contributed by atoms with Crippen molar-refractivity contribution in [1.29, 1.82) is 0 Å². The van der Waals surface area contributed by atoms with Crippen LogP contribution in [-0.2, 0) is 17.1 Å². The fraction of sp³-hybridized carbons (Fsp3) is 0.643. The minimum atomic E-state index is -3.40. The van der Waals surface area contributed by atoms with Gasteiger partial charge in [0, 0.05) is 52.0 Å². The van der Waals surface area contributed by atoms with Crippen LogP contribution in [0.4, 0.5) is 0 Å². The predicted octanol–water partition coefficient (Wildman–Crippen LogP) is -0.342. The number of amides is 1. The van der Waals surface area contributed by atoms with E-state index in [1.54, 1.807) is 6.07 Å². The van der Waals surface area contributed by atoms with Gasteiger partial charge in [0.2, 0.25) is 10.0 Å². The molecule has 1 aliphatic rings. The lowest BCUT2D eigenvalue weighted by Gasteiger charge is -2.18. The molecule has 1 N–H and O–H groups in total. The Morgan fingerprint density at radius 3 is 2.55 bits per heavy atom. The highest BCUT2D eigenvalue weighted by Crippen LogP contribution is 2.23.